The number of ketones is 1. The highest BCUT2D eigenvalue weighted by atomic mass is 32.1. The number of thiophene rings is 1. The number of Topliss-reactive ketones (excluding diaryl/α,β-unsaturated/α-hetero) is 1. The smallest absolute Gasteiger partial charge is 0.410 e. The predicted molar refractivity (Wildman–Crippen MR) is 110 cm³/mol. The molecule has 2 aliphatic rings. The lowest BCUT2D eigenvalue weighted by Crippen LogP contribution is -2.44. The molecule has 7 heteroatoms. The highest BCUT2D eigenvalue weighted by Gasteiger charge is 2.52. The zero-order valence-corrected chi connectivity index (χ0v) is 17.1. The molecule has 2 aliphatic heterocycles. The summed E-state index contributed by atoms with van der Waals surface area (Å²) in [6.45, 7) is 2.45. The average Bonchev–Trinajstić information content (AvgIpc) is 3.46. The number of carbonyl (C=O) groups excluding carboxylic acids is 3. The Hall–Kier alpha value is -2.67. The molecule has 4 rings (SSSR count). The molecule has 3 heterocycles. The molecular weight excluding hydrogens is 388 g/mol. The minimum absolute atomic E-state index is 0.0406. The first-order valence-electron chi connectivity index (χ1n) is 9.95. The highest BCUT2D eigenvalue weighted by Crippen LogP contribution is 2.31. The van der Waals surface area contributed by atoms with E-state index in [1.165, 1.54) is 4.90 Å². The number of benzene rings is 1. The summed E-state index contributed by atoms with van der Waals surface area (Å²) in [5.41, 5.74) is 1.70. The molecule has 2 fully saturated rings. The van der Waals surface area contributed by atoms with Gasteiger partial charge in [0.25, 0.3) is 5.91 Å². The summed E-state index contributed by atoms with van der Waals surface area (Å²) in [5, 5.41) is 4.06. The number of rotatable bonds is 5. The Bertz CT molecular complexity index is 883. The lowest BCUT2D eigenvalue weighted by atomic mass is 10.1. The molecular formula is C22H24N2O4S. The number of carbonyl (C=O) groups is 3. The van der Waals surface area contributed by atoms with Crippen molar-refractivity contribution in [1.82, 2.24) is 9.80 Å². The fraction of sp³-hybridized carbons (Fsp3) is 0.409. The zero-order valence-electron chi connectivity index (χ0n) is 16.3. The number of ether oxygens (including phenoxy) is 1. The maximum Gasteiger partial charge on any atom is 0.410 e. The molecule has 0 saturated carbocycles. The van der Waals surface area contributed by atoms with E-state index in [1.54, 1.807) is 40.5 Å². The molecule has 2 aromatic rings. The largest absolute Gasteiger partial charge is 0.446 e. The average molecular weight is 413 g/mol. The van der Waals surface area contributed by atoms with Gasteiger partial charge in [0.1, 0.15) is 12.1 Å². The summed E-state index contributed by atoms with van der Waals surface area (Å²) in [7, 11) is 0. The van der Waals surface area contributed by atoms with E-state index in [2.05, 4.69) is 5.38 Å². The first-order valence-corrected chi connectivity index (χ1v) is 10.9. The summed E-state index contributed by atoms with van der Waals surface area (Å²) in [5.74, 6) is -0.259. The molecule has 0 bridgehead atoms. The van der Waals surface area contributed by atoms with Crippen LogP contribution in [0.2, 0.25) is 0 Å². The molecule has 29 heavy (non-hydrogen) atoms. The molecule has 1 aromatic carbocycles. The molecule has 1 aromatic heterocycles. The van der Waals surface area contributed by atoms with E-state index < -0.39 is 12.1 Å². The van der Waals surface area contributed by atoms with Crippen LogP contribution in [0.3, 0.4) is 0 Å². The summed E-state index contributed by atoms with van der Waals surface area (Å²) >= 11 is 1.62. The van der Waals surface area contributed by atoms with Crippen molar-refractivity contribution >= 4 is 29.1 Å². The van der Waals surface area contributed by atoms with Gasteiger partial charge in [-0.05, 0) is 47.4 Å². The summed E-state index contributed by atoms with van der Waals surface area (Å²) in [6.07, 6.45) is 1.28. The van der Waals surface area contributed by atoms with Gasteiger partial charge in [0.2, 0.25) is 0 Å². The van der Waals surface area contributed by atoms with Crippen molar-refractivity contribution in [2.75, 3.05) is 13.1 Å². The Balaban J connectivity index is 1.43. The van der Waals surface area contributed by atoms with Gasteiger partial charge in [-0.1, -0.05) is 25.1 Å². The zero-order chi connectivity index (χ0) is 20.4. The van der Waals surface area contributed by atoms with Gasteiger partial charge in [0.15, 0.2) is 5.78 Å². The molecule has 2 unspecified atom stereocenters. The van der Waals surface area contributed by atoms with Crippen molar-refractivity contribution in [3.8, 4) is 0 Å². The number of nitrogens with zero attached hydrogens (tertiary/aromatic N) is 2. The summed E-state index contributed by atoms with van der Waals surface area (Å²) in [6, 6.07) is 10.1. The van der Waals surface area contributed by atoms with Crippen molar-refractivity contribution in [1.29, 1.82) is 0 Å². The van der Waals surface area contributed by atoms with E-state index in [-0.39, 0.29) is 30.4 Å². The van der Waals surface area contributed by atoms with Gasteiger partial charge in [-0.2, -0.15) is 11.3 Å². The molecule has 0 N–H and O–H groups in total. The second-order valence-electron chi connectivity index (χ2n) is 7.51. The Morgan fingerprint density at radius 2 is 2.00 bits per heavy atom. The van der Waals surface area contributed by atoms with Crippen LogP contribution in [0.1, 0.15) is 35.7 Å². The molecule has 0 aliphatic carbocycles. The van der Waals surface area contributed by atoms with Crippen LogP contribution in [0, 0.1) is 0 Å². The van der Waals surface area contributed by atoms with Gasteiger partial charge in [-0.15, -0.1) is 0 Å². The van der Waals surface area contributed by atoms with E-state index in [0.717, 1.165) is 5.56 Å². The SMILES string of the molecule is CC[C@H](Cc1ccsc1)OC(=O)N1CCC2C1C(=O)CN2C(=O)c1ccccc1. The minimum atomic E-state index is -0.603. The number of hydrogen-bond acceptors (Lipinski definition) is 5. The van der Waals surface area contributed by atoms with Crippen LogP contribution < -0.4 is 0 Å². The highest BCUT2D eigenvalue weighted by molar-refractivity contribution is 7.07. The molecule has 2 saturated heterocycles. The number of fused-ring (bicyclic) bond motifs is 1. The van der Waals surface area contributed by atoms with Gasteiger partial charge in [-0.3, -0.25) is 14.5 Å². The number of amides is 2. The van der Waals surface area contributed by atoms with E-state index in [9.17, 15) is 14.4 Å². The topological polar surface area (TPSA) is 66.9 Å². The summed E-state index contributed by atoms with van der Waals surface area (Å²) < 4.78 is 5.73. The van der Waals surface area contributed by atoms with E-state index in [0.29, 0.717) is 31.4 Å². The lowest BCUT2D eigenvalue weighted by molar-refractivity contribution is -0.120. The molecule has 0 radical (unpaired) electrons. The van der Waals surface area contributed by atoms with Crippen molar-refractivity contribution < 1.29 is 19.1 Å². The fourth-order valence-electron chi connectivity index (χ4n) is 4.19. The fourth-order valence-corrected chi connectivity index (χ4v) is 4.88. The van der Waals surface area contributed by atoms with Crippen molar-refractivity contribution in [2.24, 2.45) is 0 Å². The molecule has 2 amide bonds. The molecule has 152 valence electrons. The van der Waals surface area contributed by atoms with Crippen molar-refractivity contribution in [3.05, 3.63) is 58.3 Å². The van der Waals surface area contributed by atoms with Crippen LogP contribution in [0.15, 0.2) is 47.2 Å². The molecule has 0 spiro atoms. The normalized spacial score (nSPS) is 21.9. The third kappa shape index (κ3) is 3.92. The van der Waals surface area contributed by atoms with Crippen LogP contribution in [-0.2, 0) is 16.0 Å². The van der Waals surface area contributed by atoms with Gasteiger partial charge >= 0.3 is 6.09 Å². The minimum Gasteiger partial charge on any atom is -0.446 e. The van der Waals surface area contributed by atoms with Gasteiger partial charge in [0, 0.05) is 18.5 Å². The molecule has 6 nitrogen and oxygen atoms in total. The third-order valence-corrected chi connectivity index (χ3v) is 6.44. The first kappa shape index (κ1) is 19.6. The predicted octanol–water partition coefficient (Wildman–Crippen LogP) is 3.37. The first-order chi connectivity index (χ1) is 14.1. The van der Waals surface area contributed by atoms with Crippen LogP contribution in [0.5, 0.6) is 0 Å². The van der Waals surface area contributed by atoms with Crippen molar-refractivity contribution in [2.45, 2.75) is 44.4 Å². The van der Waals surface area contributed by atoms with Gasteiger partial charge in [0.05, 0.1) is 12.6 Å². The number of likely N-dealkylation sites (tertiary alicyclic amines) is 2. The maximum absolute atomic E-state index is 12.9. The Morgan fingerprint density at radius 3 is 2.69 bits per heavy atom. The second-order valence-corrected chi connectivity index (χ2v) is 8.29. The lowest BCUT2D eigenvalue weighted by Gasteiger charge is -2.26. The van der Waals surface area contributed by atoms with E-state index in [4.69, 9.17) is 4.74 Å². The Morgan fingerprint density at radius 1 is 1.21 bits per heavy atom. The quantitative estimate of drug-likeness (QED) is 0.755. The van der Waals surface area contributed by atoms with Crippen LogP contribution in [-0.4, -0.2) is 58.9 Å². The number of hydrogen-bond donors (Lipinski definition) is 0. The van der Waals surface area contributed by atoms with E-state index in [1.807, 2.05) is 24.4 Å². The summed E-state index contributed by atoms with van der Waals surface area (Å²) in [4.78, 5) is 41.5. The van der Waals surface area contributed by atoms with Gasteiger partial charge < -0.3 is 9.64 Å². The molecule has 3 atom stereocenters. The Labute approximate surface area is 174 Å². The monoisotopic (exact) mass is 412 g/mol. The maximum atomic E-state index is 12.9. The van der Waals surface area contributed by atoms with Crippen LogP contribution in [0.4, 0.5) is 4.79 Å². The van der Waals surface area contributed by atoms with Crippen LogP contribution in [0.25, 0.3) is 0 Å². The third-order valence-electron chi connectivity index (χ3n) is 5.70. The van der Waals surface area contributed by atoms with E-state index >= 15 is 0 Å². The van der Waals surface area contributed by atoms with Crippen LogP contribution >= 0.6 is 11.3 Å². The standard InChI is InChI=1S/C22H24N2O4S/c1-2-17(12-15-9-11-29-14-15)28-22(27)23-10-8-18-20(23)19(25)13-24(18)21(26)16-6-4-3-5-7-16/h3-7,9,11,14,17-18,20H,2,8,10,12-13H2,1H3/t17-,18?,20?/m1/s1. The van der Waals surface area contributed by atoms with Crippen molar-refractivity contribution in [3.63, 3.8) is 0 Å². The van der Waals surface area contributed by atoms with Gasteiger partial charge in [-0.25, -0.2) is 4.79 Å². The second kappa shape index (κ2) is 8.37. The Kier molecular flexibility index (Phi) is 5.67.